The van der Waals surface area contributed by atoms with Crippen molar-refractivity contribution in [3.05, 3.63) is 33.9 Å². The van der Waals surface area contributed by atoms with Crippen molar-refractivity contribution in [1.82, 2.24) is 0 Å². The molecule has 0 amide bonds. The molecule has 0 bridgehead atoms. The van der Waals surface area contributed by atoms with Gasteiger partial charge < -0.3 is 4.90 Å². The van der Waals surface area contributed by atoms with Crippen LogP contribution in [0.25, 0.3) is 0 Å². The Hall–Kier alpha value is -2.09. The second kappa shape index (κ2) is 5.05. The van der Waals surface area contributed by atoms with Crippen molar-refractivity contribution in [1.29, 1.82) is 5.26 Å². The molecule has 0 aliphatic carbocycles. The predicted molar refractivity (Wildman–Crippen MR) is 68.4 cm³/mol. The van der Waals surface area contributed by atoms with Crippen molar-refractivity contribution < 1.29 is 4.92 Å². The van der Waals surface area contributed by atoms with Gasteiger partial charge in [-0.25, -0.2) is 0 Å². The van der Waals surface area contributed by atoms with Crippen molar-refractivity contribution in [3.63, 3.8) is 0 Å². The third-order valence-electron chi connectivity index (χ3n) is 3.30. The second-order valence-corrected chi connectivity index (χ2v) is 4.77. The molecule has 1 unspecified atom stereocenters. The molecule has 5 nitrogen and oxygen atoms in total. The van der Waals surface area contributed by atoms with Crippen LogP contribution in [0.1, 0.15) is 25.3 Å². The van der Waals surface area contributed by atoms with E-state index in [1.54, 1.807) is 6.07 Å². The smallest absolute Gasteiger partial charge is 0.292 e. The summed E-state index contributed by atoms with van der Waals surface area (Å²) in [6.45, 7) is 3.78. The summed E-state index contributed by atoms with van der Waals surface area (Å²) in [5, 5.41) is 19.9. The molecule has 18 heavy (non-hydrogen) atoms. The van der Waals surface area contributed by atoms with Gasteiger partial charge in [0.05, 0.1) is 16.6 Å². The Labute approximate surface area is 106 Å². The van der Waals surface area contributed by atoms with E-state index in [0.717, 1.165) is 25.9 Å². The molecule has 1 heterocycles. The van der Waals surface area contributed by atoms with Crippen LogP contribution in [0.5, 0.6) is 0 Å². The Morgan fingerprint density at radius 2 is 2.33 bits per heavy atom. The van der Waals surface area contributed by atoms with Gasteiger partial charge in [0.1, 0.15) is 5.69 Å². The molecular formula is C13H15N3O2. The van der Waals surface area contributed by atoms with E-state index in [1.165, 1.54) is 12.1 Å². The van der Waals surface area contributed by atoms with Crippen molar-refractivity contribution in [2.45, 2.75) is 19.8 Å². The summed E-state index contributed by atoms with van der Waals surface area (Å²) in [7, 11) is 0. The summed E-state index contributed by atoms with van der Waals surface area (Å²) in [4.78, 5) is 12.7. The number of benzene rings is 1. The maximum atomic E-state index is 11.0. The molecule has 0 spiro atoms. The van der Waals surface area contributed by atoms with Crippen molar-refractivity contribution in [2.24, 2.45) is 5.92 Å². The van der Waals surface area contributed by atoms with Gasteiger partial charge in [0.2, 0.25) is 0 Å². The van der Waals surface area contributed by atoms with Crippen LogP contribution in [-0.4, -0.2) is 18.0 Å². The quantitative estimate of drug-likeness (QED) is 0.593. The number of nitriles is 1. The molecule has 0 radical (unpaired) electrons. The van der Waals surface area contributed by atoms with Gasteiger partial charge in [0, 0.05) is 19.2 Å². The number of piperidine rings is 1. The van der Waals surface area contributed by atoms with E-state index in [2.05, 4.69) is 6.92 Å². The fourth-order valence-corrected chi connectivity index (χ4v) is 2.41. The molecule has 0 aromatic heterocycles. The fraction of sp³-hybridized carbons (Fsp3) is 0.462. The molecule has 1 aromatic rings. The van der Waals surface area contributed by atoms with Gasteiger partial charge in [-0.1, -0.05) is 6.92 Å². The Balaban J connectivity index is 2.40. The lowest BCUT2D eigenvalue weighted by molar-refractivity contribution is -0.384. The monoisotopic (exact) mass is 245 g/mol. The molecule has 0 saturated carbocycles. The Bertz CT molecular complexity index is 507. The standard InChI is InChI=1S/C13H15N3O2/c1-10-3-2-6-15(9-10)13-7-11(8-14)4-5-12(13)16(17)18/h4-5,7,10H,2-3,6,9H2,1H3. The summed E-state index contributed by atoms with van der Waals surface area (Å²) >= 11 is 0. The minimum Gasteiger partial charge on any atom is -0.366 e. The van der Waals surface area contributed by atoms with Crippen molar-refractivity contribution >= 4 is 11.4 Å². The highest BCUT2D eigenvalue weighted by Crippen LogP contribution is 2.32. The molecule has 1 atom stereocenters. The first-order valence-corrected chi connectivity index (χ1v) is 6.05. The Kier molecular flexibility index (Phi) is 3.47. The summed E-state index contributed by atoms with van der Waals surface area (Å²) < 4.78 is 0. The van der Waals surface area contributed by atoms with Crippen LogP contribution in [0, 0.1) is 27.4 Å². The van der Waals surface area contributed by atoms with E-state index in [4.69, 9.17) is 5.26 Å². The predicted octanol–water partition coefficient (Wildman–Crippen LogP) is 2.70. The average Bonchev–Trinajstić information content (AvgIpc) is 2.38. The normalized spacial score (nSPS) is 19.3. The largest absolute Gasteiger partial charge is 0.366 e. The van der Waals surface area contributed by atoms with Gasteiger partial charge in [0.15, 0.2) is 0 Å². The van der Waals surface area contributed by atoms with Crippen LogP contribution in [0.3, 0.4) is 0 Å². The first-order valence-electron chi connectivity index (χ1n) is 6.05. The third-order valence-corrected chi connectivity index (χ3v) is 3.30. The number of anilines is 1. The lowest BCUT2D eigenvalue weighted by Gasteiger charge is -2.32. The molecule has 2 rings (SSSR count). The van der Waals surface area contributed by atoms with Gasteiger partial charge in [-0.2, -0.15) is 5.26 Å². The van der Waals surface area contributed by atoms with Crippen LogP contribution in [-0.2, 0) is 0 Å². The Morgan fingerprint density at radius 1 is 1.56 bits per heavy atom. The summed E-state index contributed by atoms with van der Waals surface area (Å²) in [6, 6.07) is 6.57. The highest BCUT2D eigenvalue weighted by atomic mass is 16.6. The number of rotatable bonds is 2. The first-order chi connectivity index (χ1) is 8.61. The molecule has 1 aromatic carbocycles. The van der Waals surface area contributed by atoms with Crippen molar-refractivity contribution in [2.75, 3.05) is 18.0 Å². The second-order valence-electron chi connectivity index (χ2n) is 4.77. The maximum absolute atomic E-state index is 11.0. The molecule has 94 valence electrons. The lowest BCUT2D eigenvalue weighted by atomic mass is 9.99. The molecule has 0 N–H and O–H groups in total. The van der Waals surface area contributed by atoms with Crippen LogP contribution < -0.4 is 4.90 Å². The van der Waals surface area contributed by atoms with Crippen molar-refractivity contribution in [3.8, 4) is 6.07 Å². The number of nitro benzene ring substituents is 1. The van der Waals surface area contributed by atoms with Crippen LogP contribution in [0.2, 0.25) is 0 Å². The zero-order chi connectivity index (χ0) is 13.1. The minimum atomic E-state index is -0.379. The first kappa shape index (κ1) is 12.4. The maximum Gasteiger partial charge on any atom is 0.292 e. The van der Waals surface area contributed by atoms with E-state index < -0.39 is 0 Å². The molecular weight excluding hydrogens is 230 g/mol. The summed E-state index contributed by atoms with van der Waals surface area (Å²) in [6.07, 6.45) is 2.19. The highest BCUT2D eigenvalue weighted by Gasteiger charge is 2.23. The molecule has 5 heteroatoms. The van der Waals surface area contributed by atoms with Gasteiger partial charge in [-0.3, -0.25) is 10.1 Å². The third kappa shape index (κ3) is 2.43. The van der Waals surface area contributed by atoms with E-state index >= 15 is 0 Å². The number of nitrogens with zero attached hydrogens (tertiary/aromatic N) is 3. The van der Waals surface area contributed by atoms with E-state index in [9.17, 15) is 10.1 Å². The zero-order valence-electron chi connectivity index (χ0n) is 10.3. The summed E-state index contributed by atoms with van der Waals surface area (Å²) in [5.74, 6) is 0.532. The van der Waals surface area contributed by atoms with Gasteiger partial charge in [-0.05, 0) is 30.9 Å². The van der Waals surface area contributed by atoms with E-state index in [0.29, 0.717) is 17.2 Å². The Morgan fingerprint density at radius 3 is 2.94 bits per heavy atom. The highest BCUT2D eigenvalue weighted by molar-refractivity contribution is 5.66. The number of hydrogen-bond acceptors (Lipinski definition) is 4. The van der Waals surface area contributed by atoms with E-state index in [-0.39, 0.29) is 10.6 Å². The average molecular weight is 245 g/mol. The zero-order valence-corrected chi connectivity index (χ0v) is 10.3. The molecule has 1 fully saturated rings. The van der Waals surface area contributed by atoms with Gasteiger partial charge in [0.25, 0.3) is 5.69 Å². The molecule has 1 aliphatic rings. The van der Waals surface area contributed by atoms with Gasteiger partial charge in [-0.15, -0.1) is 0 Å². The molecule has 1 saturated heterocycles. The van der Waals surface area contributed by atoms with Crippen LogP contribution in [0.4, 0.5) is 11.4 Å². The van der Waals surface area contributed by atoms with E-state index in [1.807, 2.05) is 11.0 Å². The van der Waals surface area contributed by atoms with Crippen LogP contribution in [0.15, 0.2) is 18.2 Å². The topological polar surface area (TPSA) is 70.2 Å². The molecule has 1 aliphatic heterocycles. The SMILES string of the molecule is CC1CCCN(c2cc(C#N)ccc2[N+](=O)[O-])C1. The minimum absolute atomic E-state index is 0.0862. The number of hydrogen-bond donors (Lipinski definition) is 0. The lowest BCUT2D eigenvalue weighted by Crippen LogP contribution is -2.34. The van der Waals surface area contributed by atoms with Gasteiger partial charge >= 0.3 is 0 Å². The van der Waals surface area contributed by atoms with Crippen LogP contribution >= 0.6 is 0 Å². The summed E-state index contributed by atoms with van der Waals surface area (Å²) in [5.41, 5.74) is 1.13. The number of nitro groups is 1. The fourth-order valence-electron chi connectivity index (χ4n) is 2.41.